The number of hydrogen-bond acceptors (Lipinski definition) is 4. The molecule has 1 aliphatic rings. The Morgan fingerprint density at radius 3 is 2.78 bits per heavy atom. The van der Waals surface area contributed by atoms with E-state index in [9.17, 15) is 13.6 Å². The maximum atomic E-state index is 13.0. The van der Waals surface area contributed by atoms with E-state index in [1.54, 1.807) is 6.92 Å². The molecule has 1 aromatic heterocycles. The molecular weight excluding hydrogens is 244 g/mol. The lowest BCUT2D eigenvalue weighted by Gasteiger charge is -2.26. The Balaban J connectivity index is 2.00. The van der Waals surface area contributed by atoms with Gasteiger partial charge in [-0.1, -0.05) is 0 Å². The number of aromatic nitrogens is 3. The van der Waals surface area contributed by atoms with Crippen molar-refractivity contribution >= 4 is 5.97 Å². The summed E-state index contributed by atoms with van der Waals surface area (Å²) in [6.45, 7) is 1.94. The van der Waals surface area contributed by atoms with Crippen molar-refractivity contribution in [3.05, 3.63) is 11.6 Å². The van der Waals surface area contributed by atoms with Gasteiger partial charge in [0.15, 0.2) is 0 Å². The first-order chi connectivity index (χ1) is 8.52. The van der Waals surface area contributed by atoms with Crippen molar-refractivity contribution in [2.24, 2.45) is 0 Å². The van der Waals surface area contributed by atoms with Crippen molar-refractivity contribution in [3.8, 4) is 0 Å². The number of hydrogen-bond donors (Lipinski definition) is 1. The number of nitrogens with zero attached hydrogens (tertiary/aromatic N) is 2. The van der Waals surface area contributed by atoms with Gasteiger partial charge in [0, 0.05) is 18.8 Å². The van der Waals surface area contributed by atoms with Gasteiger partial charge in [-0.05, 0) is 19.8 Å². The van der Waals surface area contributed by atoms with Crippen LogP contribution in [0.1, 0.15) is 55.0 Å². The average Bonchev–Trinajstić information content (AvgIpc) is 2.79. The molecule has 0 unspecified atom stereocenters. The highest BCUT2D eigenvalue weighted by atomic mass is 19.3. The zero-order valence-corrected chi connectivity index (χ0v) is 10.1. The molecule has 0 spiro atoms. The van der Waals surface area contributed by atoms with Crippen molar-refractivity contribution in [1.29, 1.82) is 0 Å². The zero-order chi connectivity index (χ0) is 13.2. The number of halogens is 2. The standard InChI is InChI=1S/C11H15F2N3O2/c1-2-18-10(17)9-14-8(15-16-9)7-3-5-11(12,13)6-4-7/h7H,2-6H2,1H3,(H,14,15,16). The van der Waals surface area contributed by atoms with Crippen LogP contribution in [-0.4, -0.2) is 33.7 Å². The van der Waals surface area contributed by atoms with Gasteiger partial charge in [-0.2, -0.15) is 0 Å². The highest BCUT2D eigenvalue weighted by Gasteiger charge is 2.36. The molecule has 0 aromatic carbocycles. The number of nitrogens with one attached hydrogen (secondary N) is 1. The van der Waals surface area contributed by atoms with Crippen LogP contribution in [0.25, 0.3) is 0 Å². The molecule has 1 aromatic rings. The van der Waals surface area contributed by atoms with Crippen LogP contribution in [0, 0.1) is 0 Å². The largest absolute Gasteiger partial charge is 0.460 e. The normalized spacial score (nSPS) is 19.7. The summed E-state index contributed by atoms with van der Waals surface area (Å²) < 4.78 is 30.8. The first kappa shape index (κ1) is 12.9. The number of esters is 1. The summed E-state index contributed by atoms with van der Waals surface area (Å²) >= 11 is 0. The Morgan fingerprint density at radius 1 is 1.50 bits per heavy atom. The second-order valence-corrected chi connectivity index (χ2v) is 4.39. The molecule has 0 saturated heterocycles. The van der Waals surface area contributed by atoms with E-state index < -0.39 is 11.9 Å². The smallest absolute Gasteiger partial charge is 0.378 e. The van der Waals surface area contributed by atoms with Gasteiger partial charge in [0.2, 0.25) is 5.92 Å². The van der Waals surface area contributed by atoms with Crippen molar-refractivity contribution in [2.75, 3.05) is 6.61 Å². The molecule has 0 radical (unpaired) electrons. The summed E-state index contributed by atoms with van der Waals surface area (Å²) in [5, 5.41) is 6.38. The first-order valence-corrected chi connectivity index (χ1v) is 5.99. The second-order valence-electron chi connectivity index (χ2n) is 4.39. The average molecular weight is 259 g/mol. The van der Waals surface area contributed by atoms with Gasteiger partial charge in [0.1, 0.15) is 5.82 Å². The fourth-order valence-electron chi connectivity index (χ4n) is 2.06. The number of carbonyl (C=O) groups excluding carboxylic acids is 1. The van der Waals surface area contributed by atoms with Gasteiger partial charge < -0.3 is 4.74 Å². The Labute approximate surface area is 103 Å². The van der Waals surface area contributed by atoms with Crippen molar-refractivity contribution in [3.63, 3.8) is 0 Å². The monoisotopic (exact) mass is 259 g/mol. The minimum atomic E-state index is -2.57. The number of carbonyl (C=O) groups is 1. The first-order valence-electron chi connectivity index (χ1n) is 5.99. The van der Waals surface area contributed by atoms with Gasteiger partial charge in [0.05, 0.1) is 6.61 Å². The number of rotatable bonds is 3. The minimum Gasteiger partial charge on any atom is -0.460 e. The zero-order valence-electron chi connectivity index (χ0n) is 10.1. The van der Waals surface area contributed by atoms with Crippen LogP contribution in [0.5, 0.6) is 0 Å². The molecule has 0 atom stereocenters. The Kier molecular flexibility index (Phi) is 3.58. The molecule has 1 N–H and O–H groups in total. The fourth-order valence-corrected chi connectivity index (χ4v) is 2.06. The van der Waals surface area contributed by atoms with Crippen LogP contribution in [0.3, 0.4) is 0 Å². The van der Waals surface area contributed by atoms with E-state index in [2.05, 4.69) is 15.2 Å². The third kappa shape index (κ3) is 2.83. The molecule has 0 bridgehead atoms. The predicted molar refractivity (Wildman–Crippen MR) is 58.5 cm³/mol. The Hall–Kier alpha value is -1.53. The highest BCUT2D eigenvalue weighted by molar-refractivity contribution is 5.84. The SMILES string of the molecule is CCOC(=O)c1n[nH]c(C2CCC(F)(F)CC2)n1. The summed E-state index contributed by atoms with van der Waals surface area (Å²) in [6.07, 6.45) is 0.412. The molecule has 7 heteroatoms. The van der Waals surface area contributed by atoms with E-state index in [-0.39, 0.29) is 31.2 Å². The topological polar surface area (TPSA) is 67.9 Å². The molecule has 5 nitrogen and oxygen atoms in total. The van der Waals surface area contributed by atoms with E-state index in [0.29, 0.717) is 18.7 Å². The molecule has 100 valence electrons. The summed E-state index contributed by atoms with van der Waals surface area (Å²) in [4.78, 5) is 15.4. The van der Waals surface area contributed by atoms with E-state index in [4.69, 9.17) is 4.74 Å². The summed E-state index contributed by atoms with van der Waals surface area (Å²) in [7, 11) is 0. The number of alkyl halides is 2. The molecule has 0 amide bonds. The number of H-pyrrole nitrogens is 1. The van der Waals surface area contributed by atoms with Crippen molar-refractivity contribution in [2.45, 2.75) is 44.4 Å². The van der Waals surface area contributed by atoms with E-state index >= 15 is 0 Å². The van der Waals surface area contributed by atoms with E-state index in [1.807, 2.05) is 0 Å². The molecule has 1 fully saturated rings. The van der Waals surface area contributed by atoms with Crippen LogP contribution < -0.4 is 0 Å². The maximum absolute atomic E-state index is 13.0. The van der Waals surface area contributed by atoms with Gasteiger partial charge in [-0.3, -0.25) is 5.10 Å². The van der Waals surface area contributed by atoms with Crippen molar-refractivity contribution in [1.82, 2.24) is 15.2 Å². The van der Waals surface area contributed by atoms with E-state index in [1.165, 1.54) is 0 Å². The van der Waals surface area contributed by atoms with Crippen molar-refractivity contribution < 1.29 is 18.3 Å². The third-order valence-corrected chi connectivity index (χ3v) is 3.06. The van der Waals surface area contributed by atoms with Gasteiger partial charge in [-0.15, -0.1) is 5.10 Å². The molecule has 1 heterocycles. The van der Waals surface area contributed by atoms with Gasteiger partial charge >= 0.3 is 5.97 Å². The third-order valence-electron chi connectivity index (χ3n) is 3.06. The predicted octanol–water partition coefficient (Wildman–Crippen LogP) is 2.27. The molecular formula is C11H15F2N3O2. The minimum absolute atomic E-state index is 0.0378. The summed E-state index contributed by atoms with van der Waals surface area (Å²) in [5.41, 5.74) is 0. The molecule has 18 heavy (non-hydrogen) atoms. The molecule has 1 saturated carbocycles. The molecule has 2 rings (SSSR count). The lowest BCUT2D eigenvalue weighted by molar-refractivity contribution is -0.0387. The lowest BCUT2D eigenvalue weighted by Crippen LogP contribution is -2.24. The van der Waals surface area contributed by atoms with Crippen LogP contribution >= 0.6 is 0 Å². The maximum Gasteiger partial charge on any atom is 0.378 e. The molecule has 0 aliphatic heterocycles. The quantitative estimate of drug-likeness (QED) is 0.845. The summed E-state index contributed by atoms with van der Waals surface area (Å²) in [5.74, 6) is -2.79. The van der Waals surface area contributed by atoms with Crippen LogP contribution in [0.2, 0.25) is 0 Å². The fraction of sp³-hybridized carbons (Fsp3) is 0.727. The Morgan fingerprint density at radius 2 is 2.17 bits per heavy atom. The van der Waals surface area contributed by atoms with Crippen LogP contribution in [0.15, 0.2) is 0 Å². The highest BCUT2D eigenvalue weighted by Crippen LogP contribution is 2.39. The van der Waals surface area contributed by atoms with Crippen LogP contribution in [0.4, 0.5) is 8.78 Å². The van der Waals surface area contributed by atoms with E-state index in [0.717, 1.165) is 0 Å². The number of ether oxygens (including phenoxy) is 1. The van der Waals surface area contributed by atoms with Gasteiger partial charge in [-0.25, -0.2) is 18.6 Å². The molecule has 1 aliphatic carbocycles. The second kappa shape index (κ2) is 4.99. The lowest BCUT2D eigenvalue weighted by atomic mass is 9.86. The Bertz CT molecular complexity index is 424. The van der Waals surface area contributed by atoms with Gasteiger partial charge in [0.25, 0.3) is 5.82 Å². The van der Waals surface area contributed by atoms with Crippen LogP contribution in [-0.2, 0) is 4.74 Å². The summed E-state index contributed by atoms with van der Waals surface area (Å²) in [6, 6.07) is 0. The number of aromatic amines is 1.